The van der Waals surface area contributed by atoms with Crippen LogP contribution < -0.4 is 0 Å². The molecule has 0 unspecified atom stereocenters. The van der Waals surface area contributed by atoms with Gasteiger partial charge >= 0.3 is 17.9 Å². The molecule has 0 aliphatic carbocycles. The minimum Gasteiger partial charge on any atom is -0.462 e. The summed E-state index contributed by atoms with van der Waals surface area (Å²) < 4.78 is 16.8. The van der Waals surface area contributed by atoms with Crippen molar-refractivity contribution in [2.24, 2.45) is 0 Å². The van der Waals surface area contributed by atoms with Gasteiger partial charge in [0.05, 0.1) is 0 Å². The minimum atomic E-state index is -0.806. The van der Waals surface area contributed by atoms with E-state index in [1.54, 1.807) is 0 Å². The molecule has 0 aromatic carbocycles. The third kappa shape index (κ3) is 49.6. The molecule has 0 aliphatic rings. The number of unbranched alkanes of at least 4 members (excludes halogenated alkanes) is 22. The van der Waals surface area contributed by atoms with Gasteiger partial charge in [-0.1, -0.05) is 202 Å². The van der Waals surface area contributed by atoms with E-state index in [0.717, 1.165) is 103 Å². The zero-order valence-electron chi connectivity index (χ0n) is 41.8. The van der Waals surface area contributed by atoms with Gasteiger partial charge in [-0.2, -0.15) is 0 Å². The molecule has 0 amide bonds. The van der Waals surface area contributed by atoms with E-state index in [1.807, 2.05) is 0 Å². The van der Waals surface area contributed by atoms with Crippen molar-refractivity contribution >= 4 is 17.9 Å². The molecule has 6 heteroatoms. The Morgan fingerprint density at radius 1 is 0.328 bits per heavy atom. The van der Waals surface area contributed by atoms with Crippen LogP contribution in [-0.4, -0.2) is 37.2 Å². The van der Waals surface area contributed by atoms with Gasteiger partial charge in [0.1, 0.15) is 13.2 Å². The van der Waals surface area contributed by atoms with Crippen molar-refractivity contribution in [1.82, 2.24) is 0 Å². The maximum Gasteiger partial charge on any atom is 0.306 e. The Balaban J connectivity index is 4.47. The number of rotatable bonds is 47. The lowest BCUT2D eigenvalue weighted by atomic mass is 10.1. The molecule has 6 nitrogen and oxygen atoms in total. The van der Waals surface area contributed by atoms with Gasteiger partial charge in [0, 0.05) is 19.3 Å². The Morgan fingerprint density at radius 3 is 1.05 bits per heavy atom. The molecular formula is C58H98O6. The van der Waals surface area contributed by atoms with E-state index >= 15 is 0 Å². The van der Waals surface area contributed by atoms with Gasteiger partial charge in [-0.25, -0.2) is 0 Å². The van der Waals surface area contributed by atoms with Gasteiger partial charge in [0.25, 0.3) is 0 Å². The smallest absolute Gasteiger partial charge is 0.306 e. The van der Waals surface area contributed by atoms with Crippen LogP contribution >= 0.6 is 0 Å². The lowest BCUT2D eigenvalue weighted by Crippen LogP contribution is -2.30. The van der Waals surface area contributed by atoms with Crippen LogP contribution in [0.3, 0.4) is 0 Å². The van der Waals surface area contributed by atoms with Crippen LogP contribution in [0.4, 0.5) is 0 Å². The summed E-state index contributed by atoms with van der Waals surface area (Å²) in [6.07, 6.45) is 67.1. The van der Waals surface area contributed by atoms with Crippen molar-refractivity contribution in [3.05, 3.63) is 85.1 Å². The molecule has 1 atom stereocenters. The number of allylic oxidation sites excluding steroid dienone is 14. The minimum absolute atomic E-state index is 0.100. The number of carbonyl (C=O) groups excluding carboxylic acids is 3. The van der Waals surface area contributed by atoms with Crippen LogP contribution in [0.15, 0.2) is 85.1 Å². The normalized spacial score (nSPS) is 12.7. The van der Waals surface area contributed by atoms with Gasteiger partial charge in [-0.15, -0.1) is 0 Å². The van der Waals surface area contributed by atoms with Crippen molar-refractivity contribution in [3.63, 3.8) is 0 Å². The van der Waals surface area contributed by atoms with Crippen molar-refractivity contribution in [2.75, 3.05) is 13.2 Å². The van der Waals surface area contributed by atoms with Crippen LogP contribution in [0.2, 0.25) is 0 Å². The van der Waals surface area contributed by atoms with Crippen LogP contribution in [0.1, 0.15) is 245 Å². The molecule has 0 rings (SSSR count). The number of hydrogen-bond donors (Lipinski definition) is 0. The maximum atomic E-state index is 12.8. The molecule has 64 heavy (non-hydrogen) atoms. The Kier molecular flexibility index (Phi) is 49.4. The molecule has 0 saturated carbocycles. The van der Waals surface area contributed by atoms with E-state index in [0.29, 0.717) is 19.3 Å². The lowest BCUT2D eigenvalue weighted by Gasteiger charge is -2.18. The average Bonchev–Trinajstić information content (AvgIpc) is 3.29. The molecule has 0 aliphatic heterocycles. The first kappa shape index (κ1) is 60.6. The first-order chi connectivity index (χ1) is 31.5. The van der Waals surface area contributed by atoms with Crippen LogP contribution in [0, 0.1) is 0 Å². The van der Waals surface area contributed by atoms with Crippen molar-refractivity contribution in [3.8, 4) is 0 Å². The maximum absolute atomic E-state index is 12.8. The number of esters is 3. The molecule has 0 bridgehead atoms. The largest absolute Gasteiger partial charge is 0.462 e. The first-order valence-corrected chi connectivity index (χ1v) is 26.6. The predicted molar refractivity (Wildman–Crippen MR) is 274 cm³/mol. The lowest BCUT2D eigenvalue weighted by molar-refractivity contribution is -0.167. The second-order valence-electron chi connectivity index (χ2n) is 17.4. The first-order valence-electron chi connectivity index (χ1n) is 26.6. The standard InChI is InChI=1S/C58H98O6/c1-4-7-10-13-16-19-22-25-28-29-31-33-36-39-42-45-48-51-57(60)63-54-55(53-62-56(59)50-47-44-41-38-35-32-27-24-21-18-15-12-9-6-3)64-58(61)52-49-46-43-40-37-34-30-26-23-20-17-14-11-8-5-2/h8,11,15,17-18,20,24-28,30,37,40,55H,4-7,9-10,12-14,16,19,21-23,29,31-36,38-39,41-54H2,1-3H3/b11-8-,18-15-,20-17-,27-24-,28-25-,30-26-,40-37-/t55-/m1/s1. The summed E-state index contributed by atoms with van der Waals surface area (Å²) >= 11 is 0. The zero-order chi connectivity index (χ0) is 46.5. The fourth-order valence-corrected chi connectivity index (χ4v) is 7.09. The Bertz CT molecular complexity index is 1250. The quantitative estimate of drug-likeness (QED) is 0.0262. The zero-order valence-corrected chi connectivity index (χ0v) is 41.8. The highest BCUT2D eigenvalue weighted by Crippen LogP contribution is 2.14. The summed E-state index contributed by atoms with van der Waals surface area (Å²) in [7, 11) is 0. The van der Waals surface area contributed by atoms with Gasteiger partial charge in [0.15, 0.2) is 6.10 Å². The monoisotopic (exact) mass is 891 g/mol. The molecule has 0 aromatic rings. The highest BCUT2D eigenvalue weighted by molar-refractivity contribution is 5.71. The second kappa shape index (κ2) is 52.2. The topological polar surface area (TPSA) is 78.9 Å². The molecule has 0 heterocycles. The fourth-order valence-electron chi connectivity index (χ4n) is 7.09. The average molecular weight is 891 g/mol. The van der Waals surface area contributed by atoms with Gasteiger partial charge < -0.3 is 14.2 Å². The van der Waals surface area contributed by atoms with Gasteiger partial charge in [-0.3, -0.25) is 14.4 Å². The highest BCUT2D eigenvalue weighted by atomic mass is 16.6. The van der Waals surface area contributed by atoms with Crippen molar-refractivity contribution in [2.45, 2.75) is 252 Å². The molecule has 0 saturated heterocycles. The molecule has 0 radical (unpaired) electrons. The fraction of sp³-hybridized carbons (Fsp3) is 0.707. The van der Waals surface area contributed by atoms with Crippen LogP contribution in [0.5, 0.6) is 0 Å². The summed E-state index contributed by atoms with van der Waals surface area (Å²) in [6.45, 7) is 6.43. The van der Waals surface area contributed by atoms with Crippen molar-refractivity contribution in [1.29, 1.82) is 0 Å². The molecule has 0 fully saturated rings. The molecule has 0 spiro atoms. The molecule has 0 N–H and O–H groups in total. The van der Waals surface area contributed by atoms with E-state index in [2.05, 4.69) is 106 Å². The molecular weight excluding hydrogens is 793 g/mol. The van der Waals surface area contributed by atoms with Gasteiger partial charge in [0.2, 0.25) is 0 Å². The van der Waals surface area contributed by atoms with Crippen molar-refractivity contribution < 1.29 is 28.6 Å². The third-order valence-electron chi connectivity index (χ3n) is 11.1. The Morgan fingerprint density at radius 2 is 0.625 bits per heavy atom. The summed E-state index contributed by atoms with van der Waals surface area (Å²) in [6, 6.07) is 0. The molecule has 0 aromatic heterocycles. The van der Waals surface area contributed by atoms with E-state index in [9.17, 15) is 14.4 Å². The predicted octanol–water partition coefficient (Wildman–Crippen LogP) is 17.6. The van der Waals surface area contributed by atoms with E-state index in [-0.39, 0.29) is 37.5 Å². The van der Waals surface area contributed by atoms with E-state index < -0.39 is 6.10 Å². The van der Waals surface area contributed by atoms with E-state index in [4.69, 9.17) is 14.2 Å². The Labute approximate surface area is 395 Å². The van der Waals surface area contributed by atoms with Crippen LogP contribution in [0.25, 0.3) is 0 Å². The third-order valence-corrected chi connectivity index (χ3v) is 11.1. The number of ether oxygens (including phenoxy) is 3. The number of hydrogen-bond acceptors (Lipinski definition) is 6. The number of carbonyl (C=O) groups is 3. The SMILES string of the molecule is CC/C=C\C/C=C\C/C=C\C/C=C\CCCCC(=O)O[C@H](COC(=O)CCCCCCC/C=C\C/C=C\CCCC)COC(=O)CCCCCCCCC/C=C\CCCCCCCC. The summed E-state index contributed by atoms with van der Waals surface area (Å²) in [5.41, 5.74) is 0. The summed E-state index contributed by atoms with van der Waals surface area (Å²) in [4.78, 5) is 38.0. The van der Waals surface area contributed by atoms with E-state index in [1.165, 1.54) is 96.3 Å². The second-order valence-corrected chi connectivity index (χ2v) is 17.4. The molecule has 366 valence electrons. The Hall–Kier alpha value is -3.41. The van der Waals surface area contributed by atoms with Crippen LogP contribution in [-0.2, 0) is 28.6 Å². The summed E-state index contributed by atoms with van der Waals surface area (Å²) in [5, 5.41) is 0. The van der Waals surface area contributed by atoms with Gasteiger partial charge in [-0.05, 0) is 109 Å². The summed E-state index contributed by atoms with van der Waals surface area (Å²) in [5.74, 6) is -0.960. The highest BCUT2D eigenvalue weighted by Gasteiger charge is 2.19.